The molecule has 0 aliphatic carbocycles. The third-order valence-corrected chi connectivity index (χ3v) is 6.45. The van der Waals surface area contributed by atoms with E-state index < -0.39 is 5.25 Å². The van der Waals surface area contributed by atoms with Crippen molar-refractivity contribution in [3.8, 4) is 11.4 Å². The van der Waals surface area contributed by atoms with Gasteiger partial charge in [0.05, 0.1) is 0 Å². The summed E-state index contributed by atoms with van der Waals surface area (Å²) in [7, 11) is 0. The third-order valence-electron chi connectivity index (χ3n) is 5.01. The van der Waals surface area contributed by atoms with E-state index >= 15 is 0 Å². The van der Waals surface area contributed by atoms with Crippen LogP contribution < -0.4 is 4.74 Å². The molecule has 7 nitrogen and oxygen atoms in total. The lowest BCUT2D eigenvalue weighted by Crippen LogP contribution is -2.11. The average Bonchev–Trinajstić information content (AvgIpc) is 3.19. The summed E-state index contributed by atoms with van der Waals surface area (Å²) in [4.78, 5) is 11.0. The molecular formula is C24H20ClFN4O3S. The van der Waals surface area contributed by atoms with Crippen molar-refractivity contribution in [1.29, 1.82) is 0 Å². The second-order valence-corrected chi connectivity index (χ2v) is 9.05. The Morgan fingerprint density at radius 3 is 2.38 bits per heavy atom. The topological polar surface area (TPSA) is 83.1 Å². The van der Waals surface area contributed by atoms with Gasteiger partial charge in [0.2, 0.25) is 6.54 Å². The van der Waals surface area contributed by atoms with Gasteiger partial charge in [0, 0.05) is 15.6 Å². The molecular weight excluding hydrogens is 479 g/mol. The number of aryl methyl sites for hydroxylation is 1. The third kappa shape index (κ3) is 5.92. The first-order valence-electron chi connectivity index (χ1n) is 10.3. The van der Waals surface area contributed by atoms with Gasteiger partial charge in [-0.3, -0.25) is 14.7 Å². The van der Waals surface area contributed by atoms with Crippen molar-refractivity contribution in [3.05, 3.63) is 111 Å². The van der Waals surface area contributed by atoms with E-state index in [9.17, 15) is 14.5 Å². The van der Waals surface area contributed by atoms with Gasteiger partial charge in [-0.05, 0) is 66.6 Å². The largest absolute Gasteiger partial charge is 0.489 e. The molecule has 3 aromatic carbocycles. The number of nitro groups is 1. The zero-order chi connectivity index (χ0) is 24.1. The number of halogens is 2. The van der Waals surface area contributed by atoms with Crippen LogP contribution in [0.15, 0.2) is 78.0 Å². The van der Waals surface area contributed by atoms with E-state index in [0.29, 0.717) is 34.0 Å². The summed E-state index contributed by atoms with van der Waals surface area (Å²) in [6, 6.07) is 20.5. The lowest BCUT2D eigenvalue weighted by molar-refractivity contribution is -0.479. The Hall–Kier alpha value is -3.43. The normalized spacial score (nSPS) is 11.9. The van der Waals surface area contributed by atoms with Crippen molar-refractivity contribution in [1.82, 2.24) is 14.8 Å². The standard InChI is InChI=1S/C24H20ClFN4O3S/c1-16-27-28-24(30(16)21-10-8-20(26)9-11-21)34-23(14-29(31)32)18-4-12-22(13-5-18)33-15-17-2-6-19(25)7-3-17/h2-13,23H,14-15H2,1H3/t23-/m0/s1. The lowest BCUT2D eigenvalue weighted by Gasteiger charge is -2.15. The van der Waals surface area contributed by atoms with Gasteiger partial charge in [0.1, 0.15) is 29.2 Å². The second kappa shape index (κ2) is 10.7. The highest BCUT2D eigenvalue weighted by molar-refractivity contribution is 7.99. The Morgan fingerprint density at radius 1 is 1.06 bits per heavy atom. The number of benzene rings is 3. The molecule has 0 radical (unpaired) electrons. The van der Waals surface area contributed by atoms with Crippen LogP contribution in [0.3, 0.4) is 0 Å². The first-order chi connectivity index (χ1) is 16.4. The van der Waals surface area contributed by atoms with Crippen molar-refractivity contribution in [3.63, 3.8) is 0 Å². The van der Waals surface area contributed by atoms with Gasteiger partial charge in [-0.15, -0.1) is 10.2 Å². The highest BCUT2D eigenvalue weighted by Gasteiger charge is 2.24. The molecule has 0 spiro atoms. The minimum absolute atomic E-state index is 0.301. The number of aromatic nitrogens is 3. The molecule has 10 heteroatoms. The first-order valence-corrected chi connectivity index (χ1v) is 11.6. The van der Waals surface area contributed by atoms with Crippen LogP contribution in [-0.4, -0.2) is 26.2 Å². The summed E-state index contributed by atoms with van der Waals surface area (Å²) in [6.07, 6.45) is 0. The Bertz CT molecular complexity index is 1270. The maximum atomic E-state index is 13.4. The van der Waals surface area contributed by atoms with Gasteiger partial charge in [-0.2, -0.15) is 0 Å². The lowest BCUT2D eigenvalue weighted by atomic mass is 10.1. The van der Waals surface area contributed by atoms with Crippen molar-refractivity contribution in [2.45, 2.75) is 23.9 Å². The molecule has 0 fully saturated rings. The van der Waals surface area contributed by atoms with E-state index in [2.05, 4.69) is 10.2 Å². The smallest absolute Gasteiger partial charge is 0.220 e. The highest BCUT2D eigenvalue weighted by atomic mass is 35.5. The number of ether oxygens (including phenoxy) is 1. The monoisotopic (exact) mass is 498 g/mol. The maximum Gasteiger partial charge on any atom is 0.220 e. The molecule has 1 aromatic heterocycles. The van der Waals surface area contributed by atoms with Gasteiger partial charge in [-0.25, -0.2) is 4.39 Å². The van der Waals surface area contributed by atoms with E-state index in [1.807, 2.05) is 24.3 Å². The van der Waals surface area contributed by atoms with Crippen LogP contribution in [0.2, 0.25) is 5.02 Å². The summed E-state index contributed by atoms with van der Waals surface area (Å²) in [6.45, 7) is 1.85. The second-order valence-electron chi connectivity index (χ2n) is 7.45. The predicted octanol–water partition coefficient (Wildman–Crippen LogP) is 6.06. The number of rotatable bonds is 9. The minimum atomic E-state index is -0.511. The van der Waals surface area contributed by atoms with Crippen molar-refractivity contribution in [2.75, 3.05) is 6.54 Å². The number of hydrogen-bond donors (Lipinski definition) is 0. The van der Waals surface area contributed by atoms with Crippen LogP contribution in [0.25, 0.3) is 5.69 Å². The fourth-order valence-corrected chi connectivity index (χ4v) is 4.61. The molecule has 34 heavy (non-hydrogen) atoms. The molecule has 174 valence electrons. The maximum absolute atomic E-state index is 13.4. The molecule has 0 unspecified atom stereocenters. The number of thioether (sulfide) groups is 1. The van der Waals surface area contributed by atoms with Gasteiger partial charge in [0.15, 0.2) is 5.16 Å². The Balaban J connectivity index is 1.52. The highest BCUT2D eigenvalue weighted by Crippen LogP contribution is 2.36. The van der Waals surface area contributed by atoms with E-state index in [1.165, 1.54) is 23.9 Å². The van der Waals surface area contributed by atoms with Crippen LogP contribution in [0.5, 0.6) is 5.75 Å². The fraction of sp³-hybridized carbons (Fsp3) is 0.167. The van der Waals surface area contributed by atoms with Gasteiger partial charge >= 0.3 is 0 Å². The molecule has 0 bridgehead atoms. The van der Waals surface area contributed by atoms with Crippen molar-refractivity contribution < 1.29 is 14.1 Å². The minimum Gasteiger partial charge on any atom is -0.489 e. The first kappa shape index (κ1) is 23.7. The van der Waals surface area contributed by atoms with Gasteiger partial charge in [0.25, 0.3) is 0 Å². The van der Waals surface area contributed by atoms with Gasteiger partial charge < -0.3 is 4.74 Å². The molecule has 0 amide bonds. The van der Waals surface area contributed by atoms with E-state index in [0.717, 1.165) is 11.1 Å². The van der Waals surface area contributed by atoms with Crippen LogP contribution >= 0.6 is 23.4 Å². The average molecular weight is 499 g/mol. The molecule has 1 heterocycles. The fourth-order valence-electron chi connectivity index (χ4n) is 3.31. The van der Waals surface area contributed by atoms with Crippen LogP contribution in [0.4, 0.5) is 4.39 Å². The van der Waals surface area contributed by atoms with E-state index in [4.69, 9.17) is 16.3 Å². The Labute approximate surface area is 204 Å². The molecule has 0 aliphatic heterocycles. The zero-order valence-electron chi connectivity index (χ0n) is 18.1. The summed E-state index contributed by atoms with van der Waals surface area (Å²) < 4.78 is 20.9. The summed E-state index contributed by atoms with van der Waals surface area (Å²) in [5, 5.41) is 20.3. The van der Waals surface area contributed by atoms with E-state index in [-0.39, 0.29) is 17.3 Å². The Kier molecular flexibility index (Phi) is 7.44. The summed E-state index contributed by atoms with van der Waals surface area (Å²) >= 11 is 7.14. The number of nitrogens with zero attached hydrogens (tertiary/aromatic N) is 4. The molecule has 0 N–H and O–H groups in total. The molecule has 4 aromatic rings. The summed E-state index contributed by atoms with van der Waals surface area (Å²) in [5.74, 6) is 0.891. The Morgan fingerprint density at radius 2 is 1.74 bits per heavy atom. The quantitative estimate of drug-likeness (QED) is 0.158. The van der Waals surface area contributed by atoms with Crippen molar-refractivity contribution in [2.24, 2.45) is 0 Å². The SMILES string of the molecule is Cc1nnc(S[C@@H](C[N+](=O)[O-])c2ccc(OCc3ccc(Cl)cc3)cc2)n1-c1ccc(F)cc1. The molecule has 1 atom stereocenters. The number of hydrogen-bond acceptors (Lipinski definition) is 6. The zero-order valence-corrected chi connectivity index (χ0v) is 19.7. The molecule has 0 aliphatic rings. The predicted molar refractivity (Wildman–Crippen MR) is 129 cm³/mol. The molecule has 0 saturated heterocycles. The molecule has 4 rings (SSSR count). The van der Waals surface area contributed by atoms with Crippen LogP contribution in [0, 0.1) is 22.9 Å². The van der Waals surface area contributed by atoms with Crippen LogP contribution in [0.1, 0.15) is 22.2 Å². The van der Waals surface area contributed by atoms with E-state index in [1.54, 1.807) is 47.9 Å². The van der Waals surface area contributed by atoms with Gasteiger partial charge in [-0.1, -0.05) is 47.6 Å². The molecule has 0 saturated carbocycles. The van der Waals surface area contributed by atoms with Crippen LogP contribution in [-0.2, 0) is 6.61 Å². The summed E-state index contributed by atoms with van der Waals surface area (Å²) in [5.41, 5.74) is 2.41. The van der Waals surface area contributed by atoms with Crippen molar-refractivity contribution >= 4 is 23.4 Å².